The molecule has 1 heterocycles. The maximum atomic E-state index is 13.6. The van der Waals surface area contributed by atoms with Crippen molar-refractivity contribution in [3.8, 4) is 0 Å². The third-order valence-electron chi connectivity index (χ3n) is 3.37. The second-order valence-electron chi connectivity index (χ2n) is 4.89. The topological polar surface area (TPSA) is 41.1 Å². The number of nitrogens with one attached hydrogen (secondary N) is 2. The Hall–Kier alpha value is -1.13. The molecule has 1 unspecified atom stereocenters. The highest BCUT2D eigenvalue weighted by atomic mass is 35.5. The normalized spacial score (nSPS) is 17.9. The molecule has 5 heteroatoms. The fourth-order valence-corrected chi connectivity index (χ4v) is 2.25. The van der Waals surface area contributed by atoms with E-state index in [1.54, 1.807) is 13.0 Å². The van der Waals surface area contributed by atoms with E-state index in [1.807, 2.05) is 0 Å². The maximum Gasteiger partial charge on any atom is 0.254 e. The van der Waals surface area contributed by atoms with Crippen molar-refractivity contribution in [2.75, 3.05) is 19.6 Å². The SMILES string of the molecule is Cc1ccc(C(=O)NCCC2CCNC2)c(F)c1.Cl. The van der Waals surface area contributed by atoms with E-state index >= 15 is 0 Å². The average molecular weight is 287 g/mol. The van der Waals surface area contributed by atoms with Crippen molar-refractivity contribution >= 4 is 18.3 Å². The quantitative estimate of drug-likeness (QED) is 0.892. The zero-order valence-corrected chi connectivity index (χ0v) is 11.9. The minimum atomic E-state index is -0.449. The summed E-state index contributed by atoms with van der Waals surface area (Å²) in [7, 11) is 0. The maximum absolute atomic E-state index is 13.6. The van der Waals surface area contributed by atoms with Crippen LogP contribution in [0.4, 0.5) is 4.39 Å². The molecule has 0 aliphatic carbocycles. The van der Waals surface area contributed by atoms with Gasteiger partial charge in [-0.25, -0.2) is 4.39 Å². The molecule has 1 aliphatic rings. The third-order valence-corrected chi connectivity index (χ3v) is 3.37. The Morgan fingerprint density at radius 3 is 2.95 bits per heavy atom. The molecule has 1 atom stereocenters. The molecule has 0 saturated carbocycles. The summed E-state index contributed by atoms with van der Waals surface area (Å²) in [5.74, 6) is -0.137. The molecule has 0 aromatic heterocycles. The first-order chi connectivity index (χ1) is 8.66. The Balaban J connectivity index is 0.00000180. The van der Waals surface area contributed by atoms with E-state index in [-0.39, 0.29) is 23.9 Å². The van der Waals surface area contributed by atoms with Gasteiger partial charge in [-0.1, -0.05) is 6.07 Å². The zero-order valence-electron chi connectivity index (χ0n) is 11.0. The van der Waals surface area contributed by atoms with Crippen LogP contribution in [0.15, 0.2) is 18.2 Å². The highest BCUT2D eigenvalue weighted by Crippen LogP contribution is 2.12. The molecule has 0 bridgehead atoms. The third kappa shape index (κ3) is 4.48. The van der Waals surface area contributed by atoms with Crippen LogP contribution in [-0.2, 0) is 0 Å². The molecular weight excluding hydrogens is 267 g/mol. The van der Waals surface area contributed by atoms with Gasteiger partial charge in [0.25, 0.3) is 5.91 Å². The lowest BCUT2D eigenvalue weighted by molar-refractivity contribution is 0.0947. The molecular formula is C14H20ClFN2O. The molecule has 0 spiro atoms. The number of aryl methyl sites for hydroxylation is 1. The highest BCUT2D eigenvalue weighted by molar-refractivity contribution is 5.94. The van der Waals surface area contributed by atoms with Crippen LogP contribution >= 0.6 is 12.4 Å². The second kappa shape index (κ2) is 7.46. The summed E-state index contributed by atoms with van der Waals surface area (Å²) in [6, 6.07) is 4.67. The Kier molecular flexibility index (Phi) is 6.25. The molecule has 106 valence electrons. The molecule has 1 saturated heterocycles. The second-order valence-corrected chi connectivity index (χ2v) is 4.89. The first kappa shape index (κ1) is 15.9. The van der Waals surface area contributed by atoms with E-state index < -0.39 is 5.82 Å². The number of amides is 1. The highest BCUT2D eigenvalue weighted by Gasteiger charge is 2.15. The van der Waals surface area contributed by atoms with E-state index in [0.717, 1.165) is 31.5 Å². The first-order valence-electron chi connectivity index (χ1n) is 6.42. The van der Waals surface area contributed by atoms with Gasteiger partial charge in [0, 0.05) is 6.54 Å². The number of hydrogen-bond acceptors (Lipinski definition) is 2. The Morgan fingerprint density at radius 2 is 2.32 bits per heavy atom. The summed E-state index contributed by atoms with van der Waals surface area (Å²) in [6.45, 7) is 4.50. The van der Waals surface area contributed by atoms with Gasteiger partial charge in [-0.2, -0.15) is 0 Å². The van der Waals surface area contributed by atoms with Crippen molar-refractivity contribution in [3.05, 3.63) is 35.1 Å². The van der Waals surface area contributed by atoms with Gasteiger partial charge in [-0.3, -0.25) is 4.79 Å². The van der Waals surface area contributed by atoms with Crippen LogP contribution in [0.5, 0.6) is 0 Å². The van der Waals surface area contributed by atoms with Crippen molar-refractivity contribution in [1.82, 2.24) is 10.6 Å². The van der Waals surface area contributed by atoms with Gasteiger partial charge in [0.2, 0.25) is 0 Å². The molecule has 1 amide bonds. The van der Waals surface area contributed by atoms with Crippen molar-refractivity contribution in [2.45, 2.75) is 19.8 Å². The summed E-state index contributed by atoms with van der Waals surface area (Å²) >= 11 is 0. The lowest BCUT2D eigenvalue weighted by atomic mass is 10.1. The standard InChI is InChI=1S/C14H19FN2O.ClH/c1-10-2-3-12(13(15)8-10)14(18)17-7-5-11-4-6-16-9-11;/h2-3,8,11,16H,4-7,9H2,1H3,(H,17,18);1H. The predicted octanol–water partition coefficient (Wildman–Crippen LogP) is 2.29. The molecule has 2 rings (SSSR count). The van der Waals surface area contributed by atoms with Crippen molar-refractivity contribution < 1.29 is 9.18 Å². The predicted molar refractivity (Wildman–Crippen MR) is 76.3 cm³/mol. The van der Waals surface area contributed by atoms with Gasteiger partial charge in [0.05, 0.1) is 5.56 Å². The summed E-state index contributed by atoms with van der Waals surface area (Å²) in [4.78, 5) is 11.8. The van der Waals surface area contributed by atoms with Crippen LogP contribution in [-0.4, -0.2) is 25.5 Å². The summed E-state index contributed by atoms with van der Waals surface area (Å²) < 4.78 is 13.6. The Bertz CT molecular complexity index is 433. The Labute approximate surface area is 119 Å². The minimum absolute atomic E-state index is 0. The van der Waals surface area contributed by atoms with Crippen LogP contribution in [0.2, 0.25) is 0 Å². The van der Waals surface area contributed by atoms with Crippen LogP contribution in [0.25, 0.3) is 0 Å². The van der Waals surface area contributed by atoms with E-state index in [4.69, 9.17) is 0 Å². The lowest BCUT2D eigenvalue weighted by Gasteiger charge is -2.10. The largest absolute Gasteiger partial charge is 0.352 e. The fourth-order valence-electron chi connectivity index (χ4n) is 2.25. The molecule has 1 aromatic carbocycles. The van der Waals surface area contributed by atoms with Crippen LogP contribution in [0.3, 0.4) is 0 Å². The van der Waals surface area contributed by atoms with Gasteiger partial charge in [0.1, 0.15) is 5.82 Å². The number of carbonyl (C=O) groups is 1. The Morgan fingerprint density at radius 1 is 1.53 bits per heavy atom. The lowest BCUT2D eigenvalue weighted by Crippen LogP contribution is -2.27. The monoisotopic (exact) mass is 286 g/mol. The van der Waals surface area contributed by atoms with Crippen molar-refractivity contribution in [3.63, 3.8) is 0 Å². The van der Waals surface area contributed by atoms with Gasteiger partial charge in [0.15, 0.2) is 0 Å². The van der Waals surface area contributed by atoms with Gasteiger partial charge in [-0.15, -0.1) is 12.4 Å². The van der Waals surface area contributed by atoms with E-state index in [9.17, 15) is 9.18 Å². The molecule has 1 aliphatic heterocycles. The minimum Gasteiger partial charge on any atom is -0.352 e. The van der Waals surface area contributed by atoms with Gasteiger partial charge < -0.3 is 10.6 Å². The molecule has 1 fully saturated rings. The smallest absolute Gasteiger partial charge is 0.254 e. The average Bonchev–Trinajstić information content (AvgIpc) is 2.81. The number of benzene rings is 1. The summed E-state index contributed by atoms with van der Waals surface area (Å²) in [5, 5.41) is 6.06. The van der Waals surface area contributed by atoms with E-state index in [0.29, 0.717) is 12.5 Å². The summed E-state index contributed by atoms with van der Waals surface area (Å²) in [5.41, 5.74) is 0.950. The molecule has 2 N–H and O–H groups in total. The molecule has 1 aromatic rings. The van der Waals surface area contributed by atoms with Crippen LogP contribution < -0.4 is 10.6 Å². The van der Waals surface area contributed by atoms with Gasteiger partial charge >= 0.3 is 0 Å². The van der Waals surface area contributed by atoms with Crippen LogP contribution in [0.1, 0.15) is 28.8 Å². The first-order valence-corrected chi connectivity index (χ1v) is 6.42. The van der Waals surface area contributed by atoms with Crippen molar-refractivity contribution in [1.29, 1.82) is 0 Å². The van der Waals surface area contributed by atoms with Crippen LogP contribution in [0, 0.1) is 18.7 Å². The molecule has 0 radical (unpaired) electrons. The molecule has 3 nitrogen and oxygen atoms in total. The van der Waals surface area contributed by atoms with E-state index in [2.05, 4.69) is 10.6 Å². The molecule has 19 heavy (non-hydrogen) atoms. The van der Waals surface area contributed by atoms with Crippen molar-refractivity contribution in [2.24, 2.45) is 5.92 Å². The number of hydrogen-bond donors (Lipinski definition) is 2. The number of halogens is 2. The summed E-state index contributed by atoms with van der Waals surface area (Å²) in [6.07, 6.45) is 2.11. The zero-order chi connectivity index (χ0) is 13.0. The van der Waals surface area contributed by atoms with Gasteiger partial charge in [-0.05, 0) is 56.5 Å². The number of rotatable bonds is 4. The number of carbonyl (C=O) groups excluding carboxylic acids is 1. The fraction of sp³-hybridized carbons (Fsp3) is 0.500. The van der Waals surface area contributed by atoms with E-state index in [1.165, 1.54) is 12.1 Å².